The minimum Gasteiger partial charge on any atom is -0.457 e. The number of nitrogens with one attached hydrogen (secondary N) is 2. The average Bonchev–Trinajstić information content (AvgIpc) is 2.64. The van der Waals surface area contributed by atoms with Crippen LogP contribution in [0.1, 0.15) is 5.56 Å². The summed E-state index contributed by atoms with van der Waals surface area (Å²) in [5, 5.41) is 5.50. The number of urea groups is 1. The van der Waals surface area contributed by atoms with Gasteiger partial charge in [-0.05, 0) is 60.5 Å². The third-order valence-electron chi connectivity index (χ3n) is 3.68. The average molecular weight is 350 g/mol. The highest BCUT2D eigenvalue weighted by molar-refractivity contribution is 5.89. The van der Waals surface area contributed by atoms with Gasteiger partial charge in [0, 0.05) is 12.2 Å². The molecular weight excluding hydrogens is 331 g/mol. The van der Waals surface area contributed by atoms with E-state index in [1.54, 1.807) is 30.3 Å². The van der Waals surface area contributed by atoms with Crippen molar-refractivity contribution >= 4 is 11.7 Å². The Morgan fingerprint density at radius 3 is 2.35 bits per heavy atom. The largest absolute Gasteiger partial charge is 0.457 e. The molecule has 0 saturated carbocycles. The molecule has 0 unspecified atom stereocenters. The summed E-state index contributed by atoms with van der Waals surface area (Å²) >= 11 is 0. The lowest BCUT2D eigenvalue weighted by Crippen LogP contribution is -2.30. The fraction of sp³-hybridized carbons (Fsp3) is 0.0952. The van der Waals surface area contributed by atoms with Gasteiger partial charge in [-0.3, -0.25) is 0 Å². The van der Waals surface area contributed by atoms with Gasteiger partial charge in [0.1, 0.15) is 17.3 Å². The highest BCUT2D eigenvalue weighted by atomic mass is 19.1. The normalized spacial score (nSPS) is 10.2. The van der Waals surface area contributed by atoms with Gasteiger partial charge in [-0.2, -0.15) is 0 Å². The molecule has 0 heterocycles. The zero-order valence-corrected chi connectivity index (χ0v) is 14.1. The van der Waals surface area contributed by atoms with E-state index in [-0.39, 0.29) is 11.8 Å². The molecule has 0 aromatic heterocycles. The zero-order chi connectivity index (χ0) is 18.2. The summed E-state index contributed by atoms with van der Waals surface area (Å²) in [5.74, 6) is 1.17. The summed E-state index contributed by atoms with van der Waals surface area (Å²) in [4.78, 5) is 11.9. The Labute approximate surface area is 151 Å². The Morgan fingerprint density at radius 2 is 1.62 bits per heavy atom. The SMILES string of the molecule is O=C(NCCc1cccc(F)c1)Nc1ccc(Oc2ccccc2)cc1. The summed E-state index contributed by atoms with van der Waals surface area (Å²) in [7, 11) is 0. The van der Waals surface area contributed by atoms with E-state index in [0.717, 1.165) is 11.3 Å². The number of ether oxygens (including phenoxy) is 1. The van der Waals surface area contributed by atoms with Crippen molar-refractivity contribution in [3.8, 4) is 11.5 Å². The molecular formula is C21H19FN2O2. The number of rotatable bonds is 6. The summed E-state index contributed by atoms with van der Waals surface area (Å²) in [6, 6.07) is 22.6. The van der Waals surface area contributed by atoms with Crippen molar-refractivity contribution in [2.75, 3.05) is 11.9 Å². The number of para-hydroxylation sites is 1. The first-order valence-corrected chi connectivity index (χ1v) is 8.31. The summed E-state index contributed by atoms with van der Waals surface area (Å²) in [6.07, 6.45) is 0.565. The number of hydrogen-bond acceptors (Lipinski definition) is 2. The smallest absolute Gasteiger partial charge is 0.319 e. The van der Waals surface area contributed by atoms with E-state index >= 15 is 0 Å². The van der Waals surface area contributed by atoms with Gasteiger partial charge in [0.25, 0.3) is 0 Å². The van der Waals surface area contributed by atoms with Crippen LogP contribution in [0.5, 0.6) is 11.5 Å². The molecule has 0 bridgehead atoms. The standard InChI is InChI=1S/C21H19FN2O2/c22-17-6-4-5-16(15-17)13-14-23-21(25)24-18-9-11-20(12-10-18)26-19-7-2-1-3-8-19/h1-12,15H,13-14H2,(H2,23,24,25). The zero-order valence-electron chi connectivity index (χ0n) is 14.1. The van der Waals surface area contributed by atoms with E-state index in [1.807, 2.05) is 36.4 Å². The molecule has 4 nitrogen and oxygen atoms in total. The Balaban J connectivity index is 1.45. The fourth-order valence-electron chi connectivity index (χ4n) is 2.42. The highest BCUT2D eigenvalue weighted by Gasteiger charge is 2.03. The number of carbonyl (C=O) groups excluding carboxylic acids is 1. The molecule has 0 aliphatic heterocycles. The van der Waals surface area contributed by atoms with Gasteiger partial charge in [-0.15, -0.1) is 0 Å². The molecule has 0 radical (unpaired) electrons. The van der Waals surface area contributed by atoms with Crippen molar-refractivity contribution in [2.24, 2.45) is 0 Å². The molecule has 0 aliphatic rings. The molecule has 5 heteroatoms. The number of anilines is 1. The van der Waals surface area contributed by atoms with Gasteiger partial charge in [0.15, 0.2) is 0 Å². The van der Waals surface area contributed by atoms with Crippen LogP contribution in [0.4, 0.5) is 14.9 Å². The van der Waals surface area contributed by atoms with Crippen LogP contribution in [0.15, 0.2) is 78.9 Å². The topological polar surface area (TPSA) is 50.4 Å². The predicted molar refractivity (Wildman–Crippen MR) is 100 cm³/mol. The van der Waals surface area contributed by atoms with E-state index in [4.69, 9.17) is 4.74 Å². The number of carbonyl (C=O) groups is 1. The van der Waals surface area contributed by atoms with Gasteiger partial charge < -0.3 is 15.4 Å². The van der Waals surface area contributed by atoms with Crippen molar-refractivity contribution in [3.63, 3.8) is 0 Å². The van der Waals surface area contributed by atoms with Crippen LogP contribution in [0.25, 0.3) is 0 Å². The molecule has 2 amide bonds. The van der Waals surface area contributed by atoms with Gasteiger partial charge in [-0.25, -0.2) is 9.18 Å². The van der Waals surface area contributed by atoms with Gasteiger partial charge >= 0.3 is 6.03 Å². The lowest BCUT2D eigenvalue weighted by atomic mass is 10.1. The summed E-state index contributed by atoms with van der Waals surface area (Å²) in [5.41, 5.74) is 1.50. The van der Waals surface area contributed by atoms with Crippen LogP contribution in [0, 0.1) is 5.82 Å². The Hall–Kier alpha value is -3.34. The first-order valence-electron chi connectivity index (χ1n) is 8.31. The first kappa shape index (κ1) is 17.5. The third kappa shape index (κ3) is 5.34. The quantitative estimate of drug-likeness (QED) is 0.658. The molecule has 0 atom stereocenters. The Morgan fingerprint density at radius 1 is 0.885 bits per heavy atom. The molecule has 0 spiro atoms. The lowest BCUT2D eigenvalue weighted by Gasteiger charge is -2.09. The first-order chi connectivity index (χ1) is 12.7. The maximum atomic E-state index is 13.1. The molecule has 2 N–H and O–H groups in total. The van der Waals surface area contributed by atoms with Crippen LogP contribution in [-0.4, -0.2) is 12.6 Å². The van der Waals surface area contributed by atoms with Gasteiger partial charge in [0.05, 0.1) is 0 Å². The van der Waals surface area contributed by atoms with Gasteiger partial charge in [-0.1, -0.05) is 30.3 Å². The molecule has 26 heavy (non-hydrogen) atoms. The maximum absolute atomic E-state index is 13.1. The molecule has 0 saturated heterocycles. The van der Waals surface area contributed by atoms with Gasteiger partial charge in [0.2, 0.25) is 0 Å². The van der Waals surface area contributed by atoms with Crippen LogP contribution in [-0.2, 0) is 6.42 Å². The fourth-order valence-corrected chi connectivity index (χ4v) is 2.42. The van der Waals surface area contributed by atoms with Crippen LogP contribution >= 0.6 is 0 Å². The second kappa shape index (κ2) is 8.67. The minimum atomic E-state index is -0.307. The van der Waals surface area contributed by atoms with Crippen molar-refractivity contribution in [1.82, 2.24) is 5.32 Å². The second-order valence-electron chi connectivity index (χ2n) is 5.70. The van der Waals surface area contributed by atoms with E-state index < -0.39 is 0 Å². The molecule has 3 aromatic carbocycles. The number of amides is 2. The second-order valence-corrected chi connectivity index (χ2v) is 5.70. The molecule has 0 fully saturated rings. The van der Waals surface area contributed by atoms with E-state index in [9.17, 15) is 9.18 Å². The van der Waals surface area contributed by atoms with Crippen molar-refractivity contribution in [2.45, 2.75) is 6.42 Å². The molecule has 3 rings (SSSR count). The molecule has 0 aliphatic carbocycles. The molecule has 3 aromatic rings. The van der Waals surface area contributed by atoms with Crippen LogP contribution in [0.2, 0.25) is 0 Å². The van der Waals surface area contributed by atoms with E-state index in [1.165, 1.54) is 12.1 Å². The van der Waals surface area contributed by atoms with Crippen molar-refractivity contribution < 1.29 is 13.9 Å². The van der Waals surface area contributed by atoms with E-state index in [0.29, 0.717) is 24.4 Å². The Kier molecular flexibility index (Phi) is 5.83. The van der Waals surface area contributed by atoms with E-state index in [2.05, 4.69) is 10.6 Å². The minimum absolute atomic E-state index is 0.273. The summed E-state index contributed by atoms with van der Waals surface area (Å²) < 4.78 is 18.8. The summed E-state index contributed by atoms with van der Waals surface area (Å²) in [6.45, 7) is 0.421. The monoisotopic (exact) mass is 350 g/mol. The van der Waals surface area contributed by atoms with Crippen LogP contribution in [0.3, 0.4) is 0 Å². The molecule has 132 valence electrons. The number of hydrogen-bond donors (Lipinski definition) is 2. The predicted octanol–water partition coefficient (Wildman–Crippen LogP) is 4.98. The van der Waals surface area contributed by atoms with Crippen LogP contribution < -0.4 is 15.4 Å². The highest BCUT2D eigenvalue weighted by Crippen LogP contribution is 2.22. The van der Waals surface area contributed by atoms with Crippen molar-refractivity contribution in [3.05, 3.63) is 90.2 Å². The third-order valence-corrected chi connectivity index (χ3v) is 3.68. The maximum Gasteiger partial charge on any atom is 0.319 e. The Bertz CT molecular complexity index is 851. The van der Waals surface area contributed by atoms with Crippen molar-refractivity contribution in [1.29, 1.82) is 0 Å². The number of benzene rings is 3. The number of halogens is 1. The lowest BCUT2D eigenvalue weighted by molar-refractivity contribution is 0.252.